The van der Waals surface area contributed by atoms with Crippen molar-refractivity contribution < 1.29 is 0 Å². The number of thioether (sulfide) groups is 2. The highest BCUT2D eigenvalue weighted by atomic mass is 127. The van der Waals surface area contributed by atoms with Crippen LogP contribution in [0.25, 0.3) is 0 Å². The molecule has 0 heterocycles. The highest BCUT2D eigenvalue weighted by Gasteiger charge is 2.15. The molecular formula is C15H26IN3S2. The van der Waals surface area contributed by atoms with E-state index in [2.05, 4.69) is 60.0 Å². The predicted molar refractivity (Wildman–Crippen MR) is 110 cm³/mol. The molecule has 120 valence electrons. The largest absolute Gasteiger partial charge is 0.356 e. The van der Waals surface area contributed by atoms with Gasteiger partial charge in [-0.15, -0.1) is 35.7 Å². The lowest BCUT2D eigenvalue weighted by Crippen LogP contribution is -2.43. The van der Waals surface area contributed by atoms with Crippen LogP contribution in [0.4, 0.5) is 0 Å². The molecule has 0 amide bonds. The third-order valence-corrected chi connectivity index (χ3v) is 5.13. The Balaban J connectivity index is 0.00000400. The maximum absolute atomic E-state index is 4.25. The van der Waals surface area contributed by atoms with Gasteiger partial charge in [0.1, 0.15) is 0 Å². The summed E-state index contributed by atoms with van der Waals surface area (Å²) >= 11 is 3.71. The Morgan fingerprint density at radius 2 is 1.86 bits per heavy atom. The fourth-order valence-corrected chi connectivity index (χ4v) is 2.45. The number of nitrogens with zero attached hydrogens (tertiary/aromatic N) is 1. The van der Waals surface area contributed by atoms with Crippen molar-refractivity contribution in [1.82, 2.24) is 10.6 Å². The van der Waals surface area contributed by atoms with E-state index in [0.29, 0.717) is 0 Å². The molecule has 0 spiro atoms. The lowest BCUT2D eigenvalue weighted by Gasteiger charge is -2.23. The van der Waals surface area contributed by atoms with Crippen molar-refractivity contribution in [2.45, 2.75) is 23.5 Å². The van der Waals surface area contributed by atoms with Crippen molar-refractivity contribution >= 4 is 53.5 Å². The van der Waals surface area contributed by atoms with Gasteiger partial charge in [-0.2, -0.15) is 11.8 Å². The zero-order chi connectivity index (χ0) is 14.8. The van der Waals surface area contributed by atoms with Gasteiger partial charge in [-0.3, -0.25) is 4.99 Å². The number of guanidine groups is 1. The van der Waals surface area contributed by atoms with Crippen LogP contribution in [0, 0.1) is 0 Å². The summed E-state index contributed by atoms with van der Waals surface area (Å²) in [7, 11) is 1.81. The second-order valence-corrected chi connectivity index (χ2v) is 7.66. The molecule has 1 aromatic carbocycles. The number of hydrogen-bond acceptors (Lipinski definition) is 3. The summed E-state index contributed by atoms with van der Waals surface area (Å²) in [6.45, 7) is 6.25. The summed E-state index contributed by atoms with van der Waals surface area (Å²) in [6, 6.07) is 10.5. The molecule has 0 fully saturated rings. The predicted octanol–water partition coefficient (Wildman–Crippen LogP) is 3.70. The van der Waals surface area contributed by atoms with Gasteiger partial charge in [0.2, 0.25) is 0 Å². The lowest BCUT2D eigenvalue weighted by atomic mass is 10.2. The molecule has 3 nitrogen and oxygen atoms in total. The van der Waals surface area contributed by atoms with Crippen molar-refractivity contribution in [1.29, 1.82) is 0 Å². The van der Waals surface area contributed by atoms with E-state index < -0.39 is 0 Å². The number of hydrogen-bond donors (Lipinski definition) is 2. The normalized spacial score (nSPS) is 11.7. The topological polar surface area (TPSA) is 36.4 Å². The first kappa shape index (κ1) is 20.9. The number of rotatable bonds is 7. The van der Waals surface area contributed by atoms with Crippen LogP contribution in [0.15, 0.2) is 40.2 Å². The smallest absolute Gasteiger partial charge is 0.191 e. The first-order valence-corrected chi connectivity index (χ1v) is 8.96. The minimum Gasteiger partial charge on any atom is -0.356 e. The summed E-state index contributed by atoms with van der Waals surface area (Å²) in [5, 5.41) is 6.71. The molecule has 6 heteroatoms. The summed E-state index contributed by atoms with van der Waals surface area (Å²) in [4.78, 5) is 5.55. The molecular weight excluding hydrogens is 413 g/mol. The molecule has 0 bridgehead atoms. The van der Waals surface area contributed by atoms with Crippen molar-refractivity contribution in [3.8, 4) is 0 Å². The van der Waals surface area contributed by atoms with Gasteiger partial charge in [0, 0.05) is 35.5 Å². The van der Waals surface area contributed by atoms with Crippen molar-refractivity contribution in [2.75, 3.05) is 32.1 Å². The highest BCUT2D eigenvalue weighted by molar-refractivity contribution is 14.0. The van der Waals surface area contributed by atoms with E-state index in [1.54, 1.807) is 0 Å². The summed E-state index contributed by atoms with van der Waals surface area (Å²) in [6.07, 6.45) is 2.13. The van der Waals surface area contributed by atoms with Crippen LogP contribution in [0.5, 0.6) is 0 Å². The maximum atomic E-state index is 4.25. The average Bonchev–Trinajstić information content (AvgIpc) is 2.47. The van der Waals surface area contributed by atoms with E-state index >= 15 is 0 Å². The van der Waals surface area contributed by atoms with Crippen LogP contribution in [0.1, 0.15) is 13.8 Å². The van der Waals surface area contributed by atoms with E-state index in [-0.39, 0.29) is 28.7 Å². The van der Waals surface area contributed by atoms with Crippen LogP contribution in [-0.2, 0) is 0 Å². The van der Waals surface area contributed by atoms with Crippen molar-refractivity contribution in [2.24, 2.45) is 4.99 Å². The Bertz CT molecular complexity index is 411. The van der Waals surface area contributed by atoms with E-state index in [0.717, 1.165) is 24.8 Å². The maximum Gasteiger partial charge on any atom is 0.191 e. The zero-order valence-corrected chi connectivity index (χ0v) is 17.1. The van der Waals surface area contributed by atoms with Crippen molar-refractivity contribution in [3.63, 3.8) is 0 Å². The van der Waals surface area contributed by atoms with Gasteiger partial charge >= 0.3 is 0 Å². The second-order valence-electron chi connectivity index (χ2n) is 4.98. The SMILES string of the molecule is CN=C(NCCSc1ccccc1)NCC(C)(C)SC.I. The lowest BCUT2D eigenvalue weighted by molar-refractivity contribution is 0.667. The van der Waals surface area contributed by atoms with Gasteiger partial charge in [0.25, 0.3) is 0 Å². The Morgan fingerprint density at radius 1 is 1.19 bits per heavy atom. The van der Waals surface area contributed by atoms with E-state index in [1.807, 2.05) is 36.6 Å². The van der Waals surface area contributed by atoms with E-state index in [9.17, 15) is 0 Å². The quantitative estimate of drug-likeness (QED) is 0.223. The Morgan fingerprint density at radius 3 is 2.43 bits per heavy atom. The molecule has 0 aliphatic rings. The van der Waals surface area contributed by atoms with Crippen LogP contribution in [0.3, 0.4) is 0 Å². The van der Waals surface area contributed by atoms with E-state index in [4.69, 9.17) is 0 Å². The second kappa shape index (κ2) is 11.5. The Labute approximate surface area is 154 Å². The highest BCUT2D eigenvalue weighted by Crippen LogP contribution is 2.19. The molecule has 0 aliphatic carbocycles. The summed E-state index contributed by atoms with van der Waals surface area (Å²) in [5.74, 6) is 1.90. The van der Waals surface area contributed by atoms with Gasteiger partial charge < -0.3 is 10.6 Å². The van der Waals surface area contributed by atoms with Gasteiger partial charge in [0.05, 0.1) is 0 Å². The molecule has 0 atom stereocenters. The fourth-order valence-electron chi connectivity index (χ4n) is 1.44. The third-order valence-electron chi connectivity index (χ3n) is 2.86. The summed E-state index contributed by atoms with van der Waals surface area (Å²) in [5.41, 5.74) is 0. The molecule has 0 aromatic heterocycles. The van der Waals surface area contributed by atoms with Gasteiger partial charge in [0.15, 0.2) is 5.96 Å². The molecule has 0 unspecified atom stereocenters. The molecule has 0 saturated carbocycles. The molecule has 21 heavy (non-hydrogen) atoms. The Hall–Kier alpha value is -0.0800. The monoisotopic (exact) mass is 439 g/mol. The first-order valence-electron chi connectivity index (χ1n) is 6.75. The first-order chi connectivity index (χ1) is 9.57. The third kappa shape index (κ3) is 9.52. The van der Waals surface area contributed by atoms with E-state index in [1.165, 1.54) is 4.90 Å². The van der Waals surface area contributed by atoms with Crippen LogP contribution in [0.2, 0.25) is 0 Å². The standard InChI is InChI=1S/C15H25N3S2.HI/c1-15(2,19-4)12-18-14(16-3)17-10-11-20-13-8-6-5-7-9-13;/h5-9H,10-12H2,1-4H3,(H2,16,17,18);1H. The molecule has 1 rings (SSSR count). The Kier molecular flexibility index (Phi) is 11.4. The molecule has 0 radical (unpaired) electrons. The van der Waals surface area contributed by atoms with Gasteiger partial charge in [-0.05, 0) is 32.2 Å². The van der Waals surface area contributed by atoms with Crippen molar-refractivity contribution in [3.05, 3.63) is 30.3 Å². The number of aliphatic imine (C=N–C) groups is 1. The van der Waals surface area contributed by atoms with Gasteiger partial charge in [-0.1, -0.05) is 18.2 Å². The molecule has 2 N–H and O–H groups in total. The van der Waals surface area contributed by atoms with Gasteiger partial charge in [-0.25, -0.2) is 0 Å². The average molecular weight is 439 g/mol. The van der Waals surface area contributed by atoms with Crippen LogP contribution < -0.4 is 10.6 Å². The minimum atomic E-state index is 0. The fraction of sp³-hybridized carbons (Fsp3) is 0.533. The number of halogens is 1. The zero-order valence-electron chi connectivity index (χ0n) is 13.2. The molecule has 0 saturated heterocycles. The number of benzene rings is 1. The molecule has 0 aliphatic heterocycles. The molecule has 1 aromatic rings. The minimum absolute atomic E-state index is 0. The summed E-state index contributed by atoms with van der Waals surface area (Å²) < 4.78 is 0.219. The van der Waals surface area contributed by atoms with Crippen LogP contribution >= 0.6 is 47.5 Å². The van der Waals surface area contributed by atoms with Crippen LogP contribution in [-0.4, -0.2) is 42.9 Å². The number of nitrogens with one attached hydrogen (secondary N) is 2.